The van der Waals surface area contributed by atoms with Crippen LogP contribution in [0.3, 0.4) is 0 Å². The second-order valence-electron chi connectivity index (χ2n) is 7.22. The third-order valence-corrected chi connectivity index (χ3v) is 5.22. The summed E-state index contributed by atoms with van der Waals surface area (Å²) in [5.41, 5.74) is 3.85. The third kappa shape index (κ3) is 4.54. The van der Waals surface area contributed by atoms with Gasteiger partial charge in [-0.25, -0.2) is 9.97 Å². The highest BCUT2D eigenvalue weighted by Crippen LogP contribution is 2.23. The van der Waals surface area contributed by atoms with Gasteiger partial charge in [0.15, 0.2) is 0 Å². The average Bonchev–Trinajstić information content (AvgIpc) is 2.80. The van der Waals surface area contributed by atoms with Crippen LogP contribution in [0.4, 0.5) is 11.6 Å². The van der Waals surface area contributed by atoms with Gasteiger partial charge in [-0.15, -0.1) is 0 Å². The van der Waals surface area contributed by atoms with Gasteiger partial charge in [0.1, 0.15) is 0 Å². The maximum Gasteiger partial charge on any atom is 0.251 e. The van der Waals surface area contributed by atoms with Crippen molar-refractivity contribution in [2.24, 2.45) is 0 Å². The molecule has 1 unspecified atom stereocenters. The minimum atomic E-state index is -0.0421. The summed E-state index contributed by atoms with van der Waals surface area (Å²) in [5, 5.41) is 6.30. The Labute approximate surface area is 171 Å². The minimum Gasteiger partial charge on any atom is -0.388 e. The fourth-order valence-electron chi connectivity index (χ4n) is 3.67. The molecule has 0 saturated carbocycles. The Hall–Kier alpha value is -3.41. The van der Waals surface area contributed by atoms with E-state index in [1.54, 1.807) is 12.4 Å². The molecule has 0 bridgehead atoms. The third-order valence-electron chi connectivity index (χ3n) is 5.22. The number of aromatic nitrogens is 2. The lowest BCUT2D eigenvalue weighted by Crippen LogP contribution is -2.48. The highest BCUT2D eigenvalue weighted by atomic mass is 16.1. The zero-order chi connectivity index (χ0) is 20.1. The van der Waals surface area contributed by atoms with Crippen molar-refractivity contribution in [2.75, 3.05) is 30.4 Å². The predicted molar refractivity (Wildman–Crippen MR) is 116 cm³/mol. The van der Waals surface area contributed by atoms with E-state index in [2.05, 4.69) is 37.6 Å². The summed E-state index contributed by atoms with van der Waals surface area (Å²) in [7, 11) is 1.90. The Kier molecular flexibility index (Phi) is 5.70. The summed E-state index contributed by atoms with van der Waals surface area (Å²) >= 11 is 0. The molecule has 1 atom stereocenters. The SMILES string of the molecule is CNc1ccc(-c2cccc(C(=O)NC3CCCN(c4ncccn4)C3)c2)cc1. The highest BCUT2D eigenvalue weighted by Gasteiger charge is 2.23. The Morgan fingerprint density at radius 2 is 1.83 bits per heavy atom. The van der Waals surface area contributed by atoms with E-state index < -0.39 is 0 Å². The van der Waals surface area contributed by atoms with Crippen LogP contribution in [-0.4, -0.2) is 42.1 Å². The van der Waals surface area contributed by atoms with Crippen LogP contribution in [0.15, 0.2) is 67.0 Å². The lowest BCUT2D eigenvalue weighted by atomic mass is 10.0. The van der Waals surface area contributed by atoms with Gasteiger partial charge in [-0.2, -0.15) is 0 Å². The van der Waals surface area contributed by atoms with Crippen molar-refractivity contribution in [3.8, 4) is 11.1 Å². The fraction of sp³-hybridized carbons (Fsp3) is 0.261. The van der Waals surface area contributed by atoms with Crippen molar-refractivity contribution in [3.05, 3.63) is 72.6 Å². The standard InChI is InChI=1S/C23H25N5O/c1-24-20-10-8-17(9-11-20)18-5-2-6-19(15-18)22(29)27-21-7-3-14-28(16-21)23-25-12-4-13-26-23/h2,4-6,8-13,15,21,24H,3,7,14,16H2,1H3,(H,27,29). The molecule has 1 amide bonds. The van der Waals surface area contributed by atoms with Gasteiger partial charge in [-0.05, 0) is 54.3 Å². The first kappa shape index (κ1) is 18.9. The van der Waals surface area contributed by atoms with Crippen LogP contribution in [-0.2, 0) is 0 Å². The van der Waals surface area contributed by atoms with E-state index in [0.29, 0.717) is 5.56 Å². The van der Waals surface area contributed by atoms with Crippen molar-refractivity contribution in [3.63, 3.8) is 0 Å². The van der Waals surface area contributed by atoms with E-state index in [1.165, 1.54) is 0 Å². The van der Waals surface area contributed by atoms with E-state index in [0.717, 1.165) is 48.7 Å². The molecule has 0 spiro atoms. The number of nitrogens with one attached hydrogen (secondary N) is 2. The van der Waals surface area contributed by atoms with Crippen LogP contribution in [0, 0.1) is 0 Å². The Balaban J connectivity index is 1.44. The van der Waals surface area contributed by atoms with Gasteiger partial charge in [0.25, 0.3) is 5.91 Å². The van der Waals surface area contributed by atoms with Gasteiger partial charge in [-0.3, -0.25) is 4.79 Å². The summed E-state index contributed by atoms with van der Waals surface area (Å²) in [5.74, 6) is 0.679. The molecule has 1 aliphatic heterocycles. The molecule has 29 heavy (non-hydrogen) atoms. The first-order valence-corrected chi connectivity index (χ1v) is 9.94. The number of rotatable bonds is 5. The Morgan fingerprint density at radius 1 is 1.03 bits per heavy atom. The summed E-state index contributed by atoms with van der Waals surface area (Å²) in [6, 6.07) is 17.8. The van der Waals surface area contributed by atoms with Gasteiger partial charge < -0.3 is 15.5 Å². The zero-order valence-electron chi connectivity index (χ0n) is 16.5. The fourth-order valence-corrected chi connectivity index (χ4v) is 3.67. The lowest BCUT2D eigenvalue weighted by molar-refractivity contribution is 0.0933. The van der Waals surface area contributed by atoms with Gasteiger partial charge in [-0.1, -0.05) is 24.3 Å². The smallest absolute Gasteiger partial charge is 0.251 e. The zero-order valence-corrected chi connectivity index (χ0v) is 16.5. The predicted octanol–water partition coefficient (Wildman–Crippen LogP) is 3.58. The minimum absolute atomic E-state index is 0.0421. The molecule has 2 N–H and O–H groups in total. The molecule has 4 rings (SSSR count). The van der Waals surface area contributed by atoms with E-state index in [4.69, 9.17) is 0 Å². The molecule has 1 fully saturated rings. The summed E-state index contributed by atoms with van der Waals surface area (Å²) in [6.45, 7) is 1.63. The number of anilines is 2. The topological polar surface area (TPSA) is 70.2 Å². The Morgan fingerprint density at radius 3 is 2.59 bits per heavy atom. The second-order valence-corrected chi connectivity index (χ2v) is 7.22. The molecular weight excluding hydrogens is 362 g/mol. The largest absolute Gasteiger partial charge is 0.388 e. The van der Waals surface area contributed by atoms with Crippen LogP contribution in [0.2, 0.25) is 0 Å². The first-order valence-electron chi connectivity index (χ1n) is 9.94. The number of hydrogen-bond acceptors (Lipinski definition) is 5. The van der Waals surface area contributed by atoms with Crippen LogP contribution < -0.4 is 15.5 Å². The molecule has 6 heteroatoms. The lowest BCUT2D eigenvalue weighted by Gasteiger charge is -2.33. The van der Waals surface area contributed by atoms with Crippen molar-refractivity contribution in [2.45, 2.75) is 18.9 Å². The Bertz CT molecular complexity index is 959. The van der Waals surface area contributed by atoms with Crippen molar-refractivity contribution in [1.82, 2.24) is 15.3 Å². The van der Waals surface area contributed by atoms with E-state index in [-0.39, 0.29) is 11.9 Å². The molecule has 1 aliphatic rings. The number of nitrogens with zero attached hydrogens (tertiary/aromatic N) is 3. The summed E-state index contributed by atoms with van der Waals surface area (Å²) in [6.07, 6.45) is 5.46. The maximum atomic E-state index is 12.9. The van der Waals surface area contributed by atoms with Gasteiger partial charge in [0.05, 0.1) is 0 Å². The molecule has 0 aliphatic carbocycles. The average molecular weight is 387 g/mol. The van der Waals surface area contributed by atoms with E-state index in [9.17, 15) is 4.79 Å². The molecule has 2 aromatic carbocycles. The van der Waals surface area contributed by atoms with Crippen LogP contribution in [0.1, 0.15) is 23.2 Å². The van der Waals surface area contributed by atoms with Crippen LogP contribution >= 0.6 is 0 Å². The molecule has 0 radical (unpaired) electrons. The number of hydrogen-bond donors (Lipinski definition) is 2. The van der Waals surface area contributed by atoms with Gasteiger partial charge in [0, 0.05) is 49.8 Å². The quantitative estimate of drug-likeness (QED) is 0.700. The van der Waals surface area contributed by atoms with E-state index >= 15 is 0 Å². The number of piperidine rings is 1. The monoisotopic (exact) mass is 387 g/mol. The molecule has 3 aromatic rings. The second kappa shape index (κ2) is 8.73. The molecule has 1 saturated heterocycles. The van der Waals surface area contributed by atoms with Gasteiger partial charge in [0.2, 0.25) is 5.95 Å². The van der Waals surface area contributed by atoms with Crippen LogP contribution in [0.5, 0.6) is 0 Å². The molecule has 1 aromatic heterocycles. The number of carbonyl (C=O) groups is 1. The highest BCUT2D eigenvalue weighted by molar-refractivity contribution is 5.95. The molecular formula is C23H25N5O. The summed E-state index contributed by atoms with van der Waals surface area (Å²) in [4.78, 5) is 23.7. The van der Waals surface area contributed by atoms with Crippen LogP contribution in [0.25, 0.3) is 11.1 Å². The maximum absolute atomic E-state index is 12.9. The van der Waals surface area contributed by atoms with Crippen molar-refractivity contribution < 1.29 is 4.79 Å². The molecule has 6 nitrogen and oxygen atoms in total. The van der Waals surface area contributed by atoms with E-state index in [1.807, 2.05) is 49.5 Å². The van der Waals surface area contributed by atoms with Gasteiger partial charge >= 0.3 is 0 Å². The summed E-state index contributed by atoms with van der Waals surface area (Å²) < 4.78 is 0. The number of amides is 1. The normalized spacial score (nSPS) is 16.3. The van der Waals surface area contributed by atoms with Crippen molar-refractivity contribution >= 4 is 17.5 Å². The first-order chi connectivity index (χ1) is 14.2. The number of carbonyl (C=O) groups excluding carboxylic acids is 1. The molecule has 2 heterocycles. The molecule has 148 valence electrons. The number of benzene rings is 2. The van der Waals surface area contributed by atoms with Crippen molar-refractivity contribution in [1.29, 1.82) is 0 Å².